The molecule has 0 saturated heterocycles. The smallest absolute Gasteiger partial charge is 0.358 e. The second-order valence-corrected chi connectivity index (χ2v) is 0. The van der Waals surface area contributed by atoms with Gasteiger partial charge in [0.1, 0.15) is 0 Å². The van der Waals surface area contributed by atoms with E-state index in [1.54, 1.807) is 6.92 Å². The van der Waals surface area contributed by atoms with Crippen LogP contribution in [0.2, 0.25) is 0 Å². The van der Waals surface area contributed by atoms with Crippen molar-refractivity contribution in [3.8, 4) is 0 Å². The Kier molecular flexibility index (Phi) is 313. The van der Waals surface area contributed by atoms with Gasteiger partial charge >= 0.3 is 23.1 Å². The Morgan fingerprint density at radius 3 is 1.20 bits per heavy atom. The average Bonchev–Trinajstić information content (AvgIpc) is 1.00. The van der Waals surface area contributed by atoms with Crippen molar-refractivity contribution in [2.45, 2.75) is 6.92 Å². The standard InChI is InChI=1S/C2H5.CH3.HI.Mg/c1-2;;;/h1H2,2H3;1H3;1H;/q2*-1;;+2. The van der Waals surface area contributed by atoms with Crippen LogP contribution in [0.4, 0.5) is 0 Å². The van der Waals surface area contributed by atoms with Crippen LogP contribution in [-0.4, -0.2) is 23.1 Å². The molecule has 0 atom stereocenters. The van der Waals surface area contributed by atoms with Crippen molar-refractivity contribution in [3.05, 3.63) is 14.4 Å². The van der Waals surface area contributed by atoms with Crippen molar-refractivity contribution in [2.75, 3.05) is 0 Å². The van der Waals surface area contributed by atoms with Crippen LogP contribution in [0.5, 0.6) is 0 Å². The summed E-state index contributed by atoms with van der Waals surface area (Å²) in [5.41, 5.74) is 0. The van der Waals surface area contributed by atoms with E-state index >= 15 is 0 Å². The predicted octanol–water partition coefficient (Wildman–Crippen LogP) is 1.53. The van der Waals surface area contributed by atoms with Gasteiger partial charge in [0.25, 0.3) is 0 Å². The molecule has 0 bridgehead atoms. The topological polar surface area (TPSA) is 0 Å². The normalized spacial score (nSPS) is 1.20. The summed E-state index contributed by atoms with van der Waals surface area (Å²) in [7, 11) is 0. The van der Waals surface area contributed by atoms with Gasteiger partial charge in [-0.2, -0.15) is 6.92 Å². The zero-order valence-corrected chi connectivity index (χ0v) is 7.57. The molecule has 0 aromatic carbocycles. The molecule has 2 heteroatoms. The molecule has 30 valence electrons. The molecule has 0 fully saturated rings. The Morgan fingerprint density at radius 1 is 1.20 bits per heavy atom. The Balaban J connectivity index is -0.00000000167. The van der Waals surface area contributed by atoms with E-state index in [1.807, 2.05) is 0 Å². The van der Waals surface area contributed by atoms with E-state index in [1.165, 1.54) is 0 Å². The van der Waals surface area contributed by atoms with Gasteiger partial charge in [0, 0.05) is 0 Å². The van der Waals surface area contributed by atoms with Gasteiger partial charge in [0.05, 0.1) is 0 Å². The first-order valence-corrected chi connectivity index (χ1v) is 0.707. The molecular weight excluding hydrogens is 187 g/mol. The number of hydrogen-bond donors (Lipinski definition) is 0. The van der Waals surface area contributed by atoms with Crippen LogP contribution < -0.4 is 0 Å². The molecule has 5 heavy (non-hydrogen) atoms. The summed E-state index contributed by atoms with van der Waals surface area (Å²) in [6.07, 6.45) is 0. The van der Waals surface area contributed by atoms with E-state index in [2.05, 4.69) is 6.92 Å². The van der Waals surface area contributed by atoms with E-state index in [0.29, 0.717) is 0 Å². The molecule has 0 aromatic heterocycles. The minimum Gasteiger partial charge on any atom is -0.358 e. The van der Waals surface area contributed by atoms with E-state index in [-0.39, 0.29) is 54.5 Å². The fourth-order valence-electron chi connectivity index (χ4n) is 0. The maximum absolute atomic E-state index is 3.25. The second-order valence-electron chi connectivity index (χ2n) is 0. The summed E-state index contributed by atoms with van der Waals surface area (Å²) in [6.45, 7) is 5.00. The van der Waals surface area contributed by atoms with Crippen LogP contribution in [0.1, 0.15) is 6.92 Å². The zero-order chi connectivity index (χ0) is 2.00. The van der Waals surface area contributed by atoms with Crippen LogP contribution in [-0.2, 0) is 0 Å². The van der Waals surface area contributed by atoms with Gasteiger partial charge in [-0.1, -0.05) is 0 Å². The molecule has 0 aliphatic rings. The molecule has 0 nitrogen and oxygen atoms in total. The second kappa shape index (κ2) is 49.6. The van der Waals surface area contributed by atoms with Gasteiger partial charge in [-0.25, -0.2) is 0 Å². The van der Waals surface area contributed by atoms with E-state index in [4.69, 9.17) is 0 Å². The third-order valence-electron chi connectivity index (χ3n) is 0. The Morgan fingerprint density at radius 2 is 1.20 bits per heavy atom. The molecule has 0 heterocycles. The van der Waals surface area contributed by atoms with Gasteiger partial charge in [-0.15, -0.1) is 24.0 Å². The summed E-state index contributed by atoms with van der Waals surface area (Å²) in [5.74, 6) is 0. The van der Waals surface area contributed by atoms with Crippen molar-refractivity contribution in [1.29, 1.82) is 0 Å². The minimum atomic E-state index is 0. The molecule has 0 aliphatic carbocycles. The molecule has 0 radical (unpaired) electrons. The monoisotopic (exact) mass is 196 g/mol. The fourth-order valence-corrected chi connectivity index (χ4v) is 0. The quantitative estimate of drug-likeness (QED) is 0.313. The Labute approximate surface area is 67.9 Å². The molecule has 0 unspecified atom stereocenters. The molecule has 0 saturated carbocycles. The maximum Gasteiger partial charge on any atom is 2.00 e. The van der Waals surface area contributed by atoms with Crippen LogP contribution in [0, 0.1) is 14.4 Å². The van der Waals surface area contributed by atoms with Crippen molar-refractivity contribution >= 4 is 47.0 Å². The Hall–Kier alpha value is 1.50. The molecule has 0 aromatic rings. The maximum atomic E-state index is 3.25. The third kappa shape index (κ3) is 30.0. The van der Waals surface area contributed by atoms with E-state index < -0.39 is 0 Å². The number of halogens is 1. The third-order valence-corrected chi connectivity index (χ3v) is 0. The van der Waals surface area contributed by atoms with Crippen molar-refractivity contribution in [2.24, 2.45) is 0 Å². The van der Waals surface area contributed by atoms with Crippen LogP contribution in [0.3, 0.4) is 0 Å². The first-order chi connectivity index (χ1) is 1.00. The van der Waals surface area contributed by atoms with Gasteiger partial charge in [-0.3, -0.25) is 0 Å². The first kappa shape index (κ1) is 31.5. The predicted molar refractivity (Wildman–Crippen MR) is 38.6 cm³/mol. The summed E-state index contributed by atoms with van der Waals surface area (Å²) in [4.78, 5) is 0. The van der Waals surface area contributed by atoms with E-state index in [0.717, 1.165) is 0 Å². The molecule has 0 spiro atoms. The number of hydrogen-bond acceptors (Lipinski definition) is 0. The summed E-state index contributed by atoms with van der Waals surface area (Å²) >= 11 is 0. The summed E-state index contributed by atoms with van der Waals surface area (Å²) < 4.78 is 0. The van der Waals surface area contributed by atoms with Gasteiger partial charge in [0.15, 0.2) is 0 Å². The largest absolute Gasteiger partial charge is 2.00 e. The number of rotatable bonds is 0. The Bertz CT molecular complexity index is 6.85. The molecular formula is C3H9IMg. The summed E-state index contributed by atoms with van der Waals surface area (Å²) in [5, 5.41) is 0. The van der Waals surface area contributed by atoms with Crippen LogP contribution in [0.25, 0.3) is 0 Å². The van der Waals surface area contributed by atoms with Crippen LogP contribution >= 0.6 is 24.0 Å². The molecule has 0 amide bonds. The van der Waals surface area contributed by atoms with Crippen molar-refractivity contribution < 1.29 is 0 Å². The first-order valence-electron chi connectivity index (χ1n) is 0.707. The van der Waals surface area contributed by atoms with Gasteiger partial charge < -0.3 is 14.4 Å². The van der Waals surface area contributed by atoms with Crippen LogP contribution in [0.15, 0.2) is 0 Å². The molecule has 0 rings (SSSR count). The van der Waals surface area contributed by atoms with Crippen molar-refractivity contribution in [3.63, 3.8) is 0 Å². The SMILES string of the molecule is I.[CH2-]C.[CH3-].[Mg+2]. The summed E-state index contributed by atoms with van der Waals surface area (Å²) in [6, 6.07) is 0. The fraction of sp³-hybridized carbons (Fsp3) is 0.333. The minimum absolute atomic E-state index is 0. The molecule has 0 N–H and O–H groups in total. The van der Waals surface area contributed by atoms with Crippen molar-refractivity contribution in [1.82, 2.24) is 0 Å². The molecule has 0 aliphatic heterocycles. The van der Waals surface area contributed by atoms with Gasteiger partial charge in [-0.05, 0) is 0 Å². The average molecular weight is 196 g/mol. The zero-order valence-electron chi connectivity index (χ0n) is 3.82. The van der Waals surface area contributed by atoms with E-state index in [9.17, 15) is 0 Å². The van der Waals surface area contributed by atoms with Gasteiger partial charge in [0.2, 0.25) is 0 Å².